The third-order valence-electron chi connectivity index (χ3n) is 3.12. The molecule has 18 heavy (non-hydrogen) atoms. The molecule has 8 heteroatoms. The summed E-state index contributed by atoms with van der Waals surface area (Å²) >= 11 is 0. The van der Waals surface area contributed by atoms with Gasteiger partial charge >= 0.3 is 16.3 Å². The number of rotatable bonds is 4. The fourth-order valence-electron chi connectivity index (χ4n) is 2.00. The molecule has 0 bridgehead atoms. The van der Waals surface area contributed by atoms with Crippen molar-refractivity contribution in [3.8, 4) is 0 Å². The first-order valence-corrected chi connectivity index (χ1v) is 7.49. The second-order valence-electron chi connectivity index (χ2n) is 4.41. The third-order valence-corrected chi connectivity index (χ3v) is 4.60. The Labute approximate surface area is 108 Å². The van der Waals surface area contributed by atoms with Crippen molar-refractivity contribution in [2.45, 2.75) is 44.7 Å². The molecule has 0 atom stereocenters. The maximum atomic E-state index is 11.9. The molecule has 0 aliphatic heterocycles. The molecule has 0 aromatic rings. The van der Waals surface area contributed by atoms with Gasteiger partial charge in [0.2, 0.25) is 0 Å². The van der Waals surface area contributed by atoms with Gasteiger partial charge in [-0.05, 0) is 32.6 Å². The molecule has 1 fully saturated rings. The maximum Gasteiger partial charge on any atom is 0.421 e. The van der Waals surface area contributed by atoms with Crippen LogP contribution < -0.4 is 10.5 Å². The highest BCUT2D eigenvalue weighted by Crippen LogP contribution is 2.22. The van der Waals surface area contributed by atoms with Crippen LogP contribution in [0.5, 0.6) is 0 Å². The molecule has 7 nitrogen and oxygen atoms in total. The molecule has 0 aromatic carbocycles. The largest absolute Gasteiger partial charge is 0.449 e. The number of nitrogens with one attached hydrogen (secondary N) is 1. The van der Waals surface area contributed by atoms with E-state index in [-0.39, 0.29) is 18.7 Å². The minimum atomic E-state index is -3.83. The van der Waals surface area contributed by atoms with Crippen molar-refractivity contribution < 1.29 is 17.9 Å². The Kier molecular flexibility index (Phi) is 5.36. The molecule has 1 amide bonds. The monoisotopic (exact) mass is 279 g/mol. The fourth-order valence-corrected chi connectivity index (χ4v) is 3.02. The van der Waals surface area contributed by atoms with Gasteiger partial charge in [-0.25, -0.2) is 9.52 Å². The predicted octanol–water partition coefficient (Wildman–Crippen LogP) is 0.179. The second kappa shape index (κ2) is 6.35. The molecule has 1 aliphatic rings. The summed E-state index contributed by atoms with van der Waals surface area (Å²) in [4.78, 5) is 11.1. The van der Waals surface area contributed by atoms with E-state index in [2.05, 4.69) is 4.74 Å². The Hall–Kier alpha value is -0.860. The summed E-state index contributed by atoms with van der Waals surface area (Å²) in [7, 11) is -2.37. The number of hydrogen-bond donors (Lipinski definition) is 2. The van der Waals surface area contributed by atoms with E-state index in [1.807, 2.05) is 4.72 Å². The van der Waals surface area contributed by atoms with E-state index >= 15 is 0 Å². The second-order valence-corrected chi connectivity index (χ2v) is 6.14. The van der Waals surface area contributed by atoms with Gasteiger partial charge < -0.3 is 10.5 Å². The van der Waals surface area contributed by atoms with E-state index in [0.717, 1.165) is 12.8 Å². The molecule has 3 N–H and O–H groups in total. The molecule has 1 rings (SSSR count). The molecule has 0 spiro atoms. The van der Waals surface area contributed by atoms with Crippen molar-refractivity contribution in [1.29, 1.82) is 0 Å². The summed E-state index contributed by atoms with van der Waals surface area (Å²) in [5.74, 6) is 0. The van der Waals surface area contributed by atoms with Crippen molar-refractivity contribution in [2.75, 3.05) is 13.7 Å². The van der Waals surface area contributed by atoms with E-state index in [0.29, 0.717) is 12.8 Å². The average molecular weight is 279 g/mol. The van der Waals surface area contributed by atoms with Crippen LogP contribution in [0, 0.1) is 0 Å². The Morgan fingerprint density at radius 3 is 2.44 bits per heavy atom. The molecule has 0 heterocycles. The normalized spacial score (nSPS) is 24.9. The number of amides is 1. The molecular formula is C10H21N3O4S. The summed E-state index contributed by atoms with van der Waals surface area (Å²) in [6.45, 7) is 1.74. The SMILES string of the molecule is CCOC(=O)NS(=O)(=O)N(C)C1CCC(N)CC1. The number of ether oxygens (including phenoxy) is 1. The first-order chi connectivity index (χ1) is 8.36. The molecular weight excluding hydrogens is 258 g/mol. The molecule has 1 saturated carbocycles. The lowest BCUT2D eigenvalue weighted by Gasteiger charge is -2.32. The van der Waals surface area contributed by atoms with Crippen LogP contribution in [0.2, 0.25) is 0 Å². The van der Waals surface area contributed by atoms with E-state index in [1.54, 1.807) is 6.92 Å². The average Bonchev–Trinajstić information content (AvgIpc) is 2.28. The number of hydrogen-bond acceptors (Lipinski definition) is 5. The van der Waals surface area contributed by atoms with Crippen LogP contribution in [0.25, 0.3) is 0 Å². The highest BCUT2D eigenvalue weighted by Gasteiger charge is 2.30. The smallest absolute Gasteiger partial charge is 0.421 e. The van der Waals surface area contributed by atoms with Crippen molar-refractivity contribution in [2.24, 2.45) is 5.73 Å². The molecule has 0 unspecified atom stereocenters. The van der Waals surface area contributed by atoms with E-state index in [1.165, 1.54) is 11.4 Å². The predicted molar refractivity (Wildman–Crippen MR) is 67.1 cm³/mol. The van der Waals surface area contributed by atoms with Crippen LogP contribution >= 0.6 is 0 Å². The summed E-state index contributed by atoms with van der Waals surface area (Å²) in [5, 5.41) is 0. The standard InChI is InChI=1S/C10H21N3O4S/c1-3-17-10(14)12-18(15,16)13(2)9-6-4-8(11)5-7-9/h8-9H,3-7,11H2,1-2H3,(H,12,14). The van der Waals surface area contributed by atoms with Gasteiger partial charge in [0, 0.05) is 19.1 Å². The zero-order valence-electron chi connectivity index (χ0n) is 10.8. The van der Waals surface area contributed by atoms with Crippen LogP contribution in [0.1, 0.15) is 32.6 Å². The molecule has 106 valence electrons. The van der Waals surface area contributed by atoms with E-state index in [9.17, 15) is 13.2 Å². The number of carbonyl (C=O) groups is 1. The van der Waals surface area contributed by atoms with Crippen LogP contribution in [-0.4, -0.2) is 44.6 Å². The lowest BCUT2D eigenvalue weighted by atomic mass is 9.92. The minimum absolute atomic E-state index is 0.114. The lowest BCUT2D eigenvalue weighted by Crippen LogP contribution is -2.48. The van der Waals surface area contributed by atoms with Gasteiger partial charge in [0.15, 0.2) is 0 Å². The van der Waals surface area contributed by atoms with Crippen LogP contribution in [0.4, 0.5) is 4.79 Å². The quantitative estimate of drug-likeness (QED) is 0.764. The van der Waals surface area contributed by atoms with Crippen molar-refractivity contribution in [3.05, 3.63) is 0 Å². The van der Waals surface area contributed by atoms with Crippen molar-refractivity contribution in [1.82, 2.24) is 9.03 Å². The highest BCUT2D eigenvalue weighted by atomic mass is 32.2. The van der Waals surface area contributed by atoms with Gasteiger partial charge in [0.25, 0.3) is 0 Å². The van der Waals surface area contributed by atoms with Crippen molar-refractivity contribution in [3.63, 3.8) is 0 Å². The Balaban J connectivity index is 2.58. The topological polar surface area (TPSA) is 102 Å². The lowest BCUT2D eigenvalue weighted by molar-refractivity contribution is 0.157. The van der Waals surface area contributed by atoms with Gasteiger partial charge in [-0.2, -0.15) is 12.7 Å². The van der Waals surface area contributed by atoms with Crippen LogP contribution in [0.15, 0.2) is 0 Å². The molecule has 0 saturated heterocycles. The van der Waals surface area contributed by atoms with Gasteiger partial charge in [-0.1, -0.05) is 0 Å². The minimum Gasteiger partial charge on any atom is -0.449 e. The van der Waals surface area contributed by atoms with E-state index < -0.39 is 16.3 Å². The maximum absolute atomic E-state index is 11.9. The molecule has 1 aliphatic carbocycles. The Bertz CT molecular complexity index is 377. The molecule has 0 aromatic heterocycles. The highest BCUT2D eigenvalue weighted by molar-refractivity contribution is 7.87. The number of carbonyl (C=O) groups excluding carboxylic acids is 1. The number of nitrogens with two attached hydrogens (primary N) is 1. The van der Waals surface area contributed by atoms with Gasteiger partial charge in [0.1, 0.15) is 0 Å². The summed E-state index contributed by atoms with van der Waals surface area (Å²) in [6, 6.07) is 0.0343. The Morgan fingerprint density at radius 1 is 1.39 bits per heavy atom. The van der Waals surface area contributed by atoms with Gasteiger partial charge in [0.05, 0.1) is 6.61 Å². The first kappa shape index (κ1) is 15.2. The van der Waals surface area contributed by atoms with Crippen LogP contribution in [0.3, 0.4) is 0 Å². The summed E-state index contributed by atoms with van der Waals surface area (Å²) in [6.07, 6.45) is 2.06. The number of nitrogens with zero attached hydrogens (tertiary/aromatic N) is 1. The Morgan fingerprint density at radius 2 is 1.94 bits per heavy atom. The van der Waals surface area contributed by atoms with E-state index in [4.69, 9.17) is 5.73 Å². The molecule has 0 radical (unpaired) electrons. The zero-order chi connectivity index (χ0) is 13.8. The summed E-state index contributed by atoms with van der Waals surface area (Å²) in [5.41, 5.74) is 5.77. The van der Waals surface area contributed by atoms with Gasteiger partial charge in [-0.3, -0.25) is 0 Å². The van der Waals surface area contributed by atoms with Crippen molar-refractivity contribution >= 4 is 16.3 Å². The zero-order valence-corrected chi connectivity index (χ0v) is 11.6. The fraction of sp³-hybridized carbons (Fsp3) is 0.900. The first-order valence-electron chi connectivity index (χ1n) is 6.05. The van der Waals surface area contributed by atoms with Crippen LogP contribution in [-0.2, 0) is 14.9 Å². The summed E-state index contributed by atoms with van der Waals surface area (Å²) < 4.78 is 31.4. The third kappa shape index (κ3) is 4.11. The van der Waals surface area contributed by atoms with Gasteiger partial charge in [-0.15, -0.1) is 0 Å².